The molecule has 0 unspecified atom stereocenters. The average Bonchev–Trinajstić information content (AvgIpc) is 3.21. The molecule has 2 fully saturated rings. The van der Waals surface area contributed by atoms with Crippen LogP contribution in [-0.2, 0) is 0 Å². The number of piperidine rings is 1. The van der Waals surface area contributed by atoms with E-state index in [9.17, 15) is 9.59 Å². The van der Waals surface area contributed by atoms with Crippen LogP contribution in [0, 0.1) is 6.92 Å². The van der Waals surface area contributed by atoms with Crippen molar-refractivity contribution in [3.05, 3.63) is 26.6 Å². The molecule has 1 aliphatic heterocycles. The lowest BCUT2D eigenvalue weighted by Crippen LogP contribution is -2.41. The first-order valence-corrected chi connectivity index (χ1v) is 10.6. The molecule has 3 heterocycles. The van der Waals surface area contributed by atoms with Crippen LogP contribution in [0.1, 0.15) is 50.1 Å². The molecule has 28 heavy (non-hydrogen) atoms. The van der Waals surface area contributed by atoms with Crippen molar-refractivity contribution in [1.29, 1.82) is 0 Å². The number of aryl methyl sites for hydroxylation is 1. The molecule has 9 heteroatoms. The minimum Gasteiger partial charge on any atom is -0.465 e. The van der Waals surface area contributed by atoms with Crippen molar-refractivity contribution in [2.75, 3.05) is 18.4 Å². The Hall–Kier alpha value is -2.16. The molecule has 1 saturated heterocycles. The zero-order valence-electron chi connectivity index (χ0n) is 15.8. The Bertz CT molecular complexity index is 962. The monoisotopic (exact) mass is 449 g/mol. The molecule has 1 amide bonds. The summed E-state index contributed by atoms with van der Waals surface area (Å²) in [5.74, 6) is 0.495. The van der Waals surface area contributed by atoms with Crippen molar-refractivity contribution in [3.8, 4) is 0 Å². The second-order valence-electron chi connectivity index (χ2n) is 7.67. The van der Waals surface area contributed by atoms with Crippen LogP contribution in [0.25, 0.3) is 11.0 Å². The minimum absolute atomic E-state index is 0.0312. The molecule has 1 saturated carbocycles. The number of aromatic nitrogens is 3. The minimum atomic E-state index is -0.873. The topological polar surface area (TPSA) is 100 Å². The van der Waals surface area contributed by atoms with Gasteiger partial charge in [-0.15, -0.1) is 0 Å². The lowest BCUT2D eigenvalue weighted by atomic mass is 10.1. The lowest BCUT2D eigenvalue weighted by molar-refractivity contribution is 0.133. The van der Waals surface area contributed by atoms with Crippen molar-refractivity contribution in [2.45, 2.75) is 57.5 Å². The van der Waals surface area contributed by atoms with Crippen LogP contribution in [0.5, 0.6) is 0 Å². The molecule has 0 bridgehead atoms. The third-order valence-corrected chi connectivity index (χ3v) is 6.86. The van der Waals surface area contributed by atoms with Gasteiger partial charge in [-0.2, -0.15) is 4.98 Å². The molecule has 2 aliphatic rings. The molecule has 2 aromatic heterocycles. The van der Waals surface area contributed by atoms with Gasteiger partial charge in [0.25, 0.3) is 5.56 Å². The van der Waals surface area contributed by atoms with Gasteiger partial charge in [-0.1, -0.05) is 12.8 Å². The molecule has 8 nitrogen and oxygen atoms in total. The molecule has 0 radical (unpaired) electrons. The van der Waals surface area contributed by atoms with E-state index < -0.39 is 6.09 Å². The van der Waals surface area contributed by atoms with Gasteiger partial charge < -0.3 is 15.3 Å². The molecule has 0 spiro atoms. The van der Waals surface area contributed by atoms with E-state index in [2.05, 4.69) is 26.2 Å². The first-order chi connectivity index (χ1) is 13.5. The van der Waals surface area contributed by atoms with E-state index in [0.717, 1.165) is 36.6 Å². The lowest BCUT2D eigenvalue weighted by Gasteiger charge is -2.30. The Morgan fingerprint density at radius 1 is 1.25 bits per heavy atom. The maximum atomic E-state index is 13.0. The third-order valence-electron chi connectivity index (χ3n) is 5.93. The Kier molecular flexibility index (Phi) is 5.27. The number of rotatable bonds is 3. The van der Waals surface area contributed by atoms with Gasteiger partial charge in [-0.05, 0) is 54.1 Å². The number of carboxylic acid groups (broad SMARTS) is 1. The Labute approximate surface area is 171 Å². The Balaban J connectivity index is 1.66. The van der Waals surface area contributed by atoms with E-state index in [1.165, 1.54) is 4.90 Å². The standard InChI is InChI=1S/C19H24BrN5O3/c1-11-14-10-21-18(22-12-6-8-24(9-7-12)19(27)28)23-16(14)25(17(26)15(11)20)13-4-2-3-5-13/h10,12-13H,2-9H2,1H3,(H,27,28)(H,21,22,23). The molecule has 1 aliphatic carbocycles. The molecule has 150 valence electrons. The van der Waals surface area contributed by atoms with Gasteiger partial charge in [0.1, 0.15) is 5.65 Å². The predicted molar refractivity (Wildman–Crippen MR) is 110 cm³/mol. The average molecular weight is 450 g/mol. The van der Waals surface area contributed by atoms with Crippen LogP contribution in [0.4, 0.5) is 10.7 Å². The summed E-state index contributed by atoms with van der Waals surface area (Å²) in [6, 6.07) is 0.296. The van der Waals surface area contributed by atoms with Crippen molar-refractivity contribution >= 4 is 39.0 Å². The molecular formula is C19H24BrN5O3. The van der Waals surface area contributed by atoms with Crippen LogP contribution >= 0.6 is 15.9 Å². The van der Waals surface area contributed by atoms with Crippen molar-refractivity contribution < 1.29 is 9.90 Å². The van der Waals surface area contributed by atoms with Gasteiger partial charge >= 0.3 is 6.09 Å². The second-order valence-corrected chi connectivity index (χ2v) is 8.46. The van der Waals surface area contributed by atoms with E-state index in [4.69, 9.17) is 10.1 Å². The Morgan fingerprint density at radius 2 is 1.93 bits per heavy atom. The number of nitrogens with zero attached hydrogens (tertiary/aromatic N) is 4. The number of fused-ring (bicyclic) bond motifs is 1. The van der Waals surface area contributed by atoms with Crippen LogP contribution in [0.15, 0.2) is 15.5 Å². The number of halogens is 1. The first-order valence-electron chi connectivity index (χ1n) is 9.77. The van der Waals surface area contributed by atoms with Gasteiger partial charge in [-0.3, -0.25) is 9.36 Å². The molecule has 2 N–H and O–H groups in total. The van der Waals surface area contributed by atoms with Crippen LogP contribution in [0.2, 0.25) is 0 Å². The predicted octanol–water partition coefficient (Wildman–Crippen LogP) is 3.53. The number of likely N-dealkylation sites (tertiary alicyclic amines) is 1. The highest BCUT2D eigenvalue weighted by atomic mass is 79.9. The normalized spacial score (nSPS) is 18.7. The Morgan fingerprint density at radius 3 is 2.57 bits per heavy atom. The SMILES string of the molecule is Cc1c(Br)c(=O)n(C2CCCC2)c2nc(NC3CCN(C(=O)O)CC3)ncc12. The number of hydrogen-bond acceptors (Lipinski definition) is 5. The first kappa shape index (κ1) is 19.2. The molecule has 4 rings (SSSR count). The van der Waals surface area contributed by atoms with Crippen LogP contribution < -0.4 is 10.9 Å². The molecular weight excluding hydrogens is 426 g/mol. The van der Waals surface area contributed by atoms with E-state index in [1.54, 1.807) is 6.20 Å². The van der Waals surface area contributed by atoms with Crippen LogP contribution in [-0.4, -0.2) is 49.8 Å². The summed E-state index contributed by atoms with van der Waals surface area (Å²) in [6.45, 7) is 2.91. The van der Waals surface area contributed by atoms with E-state index in [0.29, 0.717) is 42.0 Å². The molecule has 0 aromatic carbocycles. The molecule has 0 atom stereocenters. The summed E-state index contributed by atoms with van der Waals surface area (Å²) < 4.78 is 2.41. The van der Waals surface area contributed by atoms with Gasteiger partial charge in [-0.25, -0.2) is 9.78 Å². The van der Waals surface area contributed by atoms with Crippen molar-refractivity contribution in [1.82, 2.24) is 19.4 Å². The summed E-state index contributed by atoms with van der Waals surface area (Å²) >= 11 is 3.46. The van der Waals surface area contributed by atoms with E-state index in [-0.39, 0.29) is 17.6 Å². The zero-order valence-corrected chi connectivity index (χ0v) is 17.4. The number of carbonyl (C=O) groups is 1. The van der Waals surface area contributed by atoms with Crippen molar-refractivity contribution in [3.63, 3.8) is 0 Å². The smallest absolute Gasteiger partial charge is 0.407 e. The largest absolute Gasteiger partial charge is 0.465 e. The summed E-state index contributed by atoms with van der Waals surface area (Å²) in [7, 11) is 0. The summed E-state index contributed by atoms with van der Waals surface area (Å²) in [5, 5.41) is 13.3. The number of hydrogen-bond donors (Lipinski definition) is 2. The highest BCUT2D eigenvalue weighted by molar-refractivity contribution is 9.10. The van der Waals surface area contributed by atoms with E-state index >= 15 is 0 Å². The maximum Gasteiger partial charge on any atom is 0.407 e. The maximum absolute atomic E-state index is 13.0. The van der Waals surface area contributed by atoms with E-state index in [1.807, 2.05) is 11.5 Å². The van der Waals surface area contributed by atoms with Gasteiger partial charge in [0.05, 0.1) is 4.47 Å². The van der Waals surface area contributed by atoms with Gasteiger partial charge in [0, 0.05) is 36.8 Å². The fourth-order valence-electron chi connectivity index (χ4n) is 4.27. The summed E-state index contributed by atoms with van der Waals surface area (Å²) in [4.78, 5) is 34.6. The zero-order chi connectivity index (χ0) is 19.8. The number of amides is 1. The highest BCUT2D eigenvalue weighted by Gasteiger charge is 2.25. The van der Waals surface area contributed by atoms with Crippen molar-refractivity contribution in [2.24, 2.45) is 0 Å². The fraction of sp³-hybridized carbons (Fsp3) is 0.579. The second kappa shape index (κ2) is 7.69. The fourth-order valence-corrected chi connectivity index (χ4v) is 4.67. The summed E-state index contributed by atoms with van der Waals surface area (Å²) in [5.41, 5.74) is 1.50. The van der Waals surface area contributed by atoms with Gasteiger partial charge in [0.15, 0.2) is 0 Å². The molecule has 2 aromatic rings. The summed E-state index contributed by atoms with van der Waals surface area (Å²) in [6.07, 6.45) is 6.57. The number of anilines is 1. The number of nitrogens with one attached hydrogen (secondary N) is 1. The highest BCUT2D eigenvalue weighted by Crippen LogP contribution is 2.32. The third kappa shape index (κ3) is 3.47. The van der Waals surface area contributed by atoms with Gasteiger partial charge in [0.2, 0.25) is 5.95 Å². The van der Waals surface area contributed by atoms with Crippen LogP contribution in [0.3, 0.4) is 0 Å². The number of pyridine rings is 1. The quantitative estimate of drug-likeness (QED) is 0.742.